The van der Waals surface area contributed by atoms with E-state index in [4.69, 9.17) is 10.2 Å². The maximum absolute atomic E-state index is 10.1. The minimum Gasteiger partial charge on any atom is -0.508 e. The summed E-state index contributed by atoms with van der Waals surface area (Å²) in [6.07, 6.45) is 10.1. The van der Waals surface area contributed by atoms with Gasteiger partial charge in [0.15, 0.2) is 0 Å². The molecule has 1 rings (SSSR count). The van der Waals surface area contributed by atoms with Crippen molar-refractivity contribution in [2.24, 2.45) is 0 Å². The van der Waals surface area contributed by atoms with Gasteiger partial charge in [-0.1, -0.05) is 57.6 Å². The van der Waals surface area contributed by atoms with E-state index in [-0.39, 0.29) is 13.2 Å². The highest BCUT2D eigenvalue weighted by Gasteiger charge is 2.09. The summed E-state index contributed by atoms with van der Waals surface area (Å²) in [5.41, 5.74) is 2.13. The van der Waals surface area contributed by atoms with Crippen LogP contribution in [0.3, 0.4) is 0 Å². The van der Waals surface area contributed by atoms with Crippen molar-refractivity contribution in [1.29, 1.82) is 0 Å². The molecule has 4 nitrogen and oxygen atoms in total. The Kier molecular flexibility index (Phi) is 11.5. The topological polar surface area (TPSA) is 63.9 Å². The molecule has 138 valence electrons. The van der Waals surface area contributed by atoms with E-state index in [0.29, 0.717) is 25.4 Å². The molecule has 0 aliphatic heterocycles. The average molecular weight is 338 g/mol. The van der Waals surface area contributed by atoms with Crippen molar-refractivity contribution in [3.63, 3.8) is 0 Å². The van der Waals surface area contributed by atoms with Gasteiger partial charge in [-0.2, -0.15) is 0 Å². The van der Waals surface area contributed by atoms with Gasteiger partial charge in [0.05, 0.1) is 13.2 Å². The normalized spacial score (nSPS) is 11.3. The van der Waals surface area contributed by atoms with Crippen molar-refractivity contribution >= 4 is 0 Å². The number of aryl methyl sites for hydroxylation is 1. The molecule has 3 N–H and O–H groups in total. The summed E-state index contributed by atoms with van der Waals surface area (Å²) in [5, 5.41) is 28.3. The van der Waals surface area contributed by atoms with Gasteiger partial charge in [0, 0.05) is 25.2 Å². The largest absolute Gasteiger partial charge is 0.508 e. The van der Waals surface area contributed by atoms with Crippen molar-refractivity contribution in [2.45, 2.75) is 64.8 Å². The van der Waals surface area contributed by atoms with Gasteiger partial charge in [0.2, 0.25) is 0 Å². The molecule has 24 heavy (non-hydrogen) atoms. The molecule has 0 aromatic heterocycles. The minimum atomic E-state index is 0.0541. The first-order valence-electron chi connectivity index (χ1n) is 9.46. The van der Waals surface area contributed by atoms with Crippen LogP contribution in [0.4, 0.5) is 0 Å². The highest BCUT2D eigenvalue weighted by molar-refractivity contribution is 5.36. The summed E-state index contributed by atoms with van der Waals surface area (Å²) in [5.74, 6) is 0.291. The number of hydrogen-bond acceptors (Lipinski definition) is 4. The molecule has 0 amide bonds. The number of nitrogens with zero attached hydrogens (tertiary/aromatic N) is 1. The first kappa shape index (κ1) is 20.9. The molecule has 1 aromatic carbocycles. The first-order valence-corrected chi connectivity index (χ1v) is 9.46. The summed E-state index contributed by atoms with van der Waals surface area (Å²) in [6, 6.07) is 5.83. The van der Waals surface area contributed by atoms with E-state index in [0.717, 1.165) is 12.0 Å². The molecule has 0 saturated heterocycles. The fourth-order valence-electron chi connectivity index (χ4n) is 3.00. The molecular weight excluding hydrogens is 302 g/mol. The third-order valence-electron chi connectivity index (χ3n) is 4.44. The summed E-state index contributed by atoms with van der Waals surface area (Å²) in [7, 11) is 0. The van der Waals surface area contributed by atoms with Gasteiger partial charge in [-0.15, -0.1) is 0 Å². The molecule has 0 saturated carbocycles. The first-order chi connectivity index (χ1) is 11.7. The zero-order chi connectivity index (χ0) is 17.6. The van der Waals surface area contributed by atoms with Gasteiger partial charge in [0.1, 0.15) is 5.75 Å². The smallest absolute Gasteiger partial charge is 0.120 e. The van der Waals surface area contributed by atoms with Gasteiger partial charge in [-0.3, -0.25) is 4.90 Å². The maximum Gasteiger partial charge on any atom is 0.120 e. The second-order valence-corrected chi connectivity index (χ2v) is 6.56. The third-order valence-corrected chi connectivity index (χ3v) is 4.44. The van der Waals surface area contributed by atoms with E-state index in [1.165, 1.54) is 50.5 Å². The molecule has 0 heterocycles. The molecule has 0 fully saturated rings. The van der Waals surface area contributed by atoms with Crippen LogP contribution in [0.1, 0.15) is 63.0 Å². The van der Waals surface area contributed by atoms with Gasteiger partial charge in [-0.25, -0.2) is 0 Å². The lowest BCUT2D eigenvalue weighted by Gasteiger charge is -2.21. The molecule has 0 unspecified atom stereocenters. The Morgan fingerprint density at radius 1 is 0.875 bits per heavy atom. The Labute approximate surface area is 147 Å². The lowest BCUT2D eigenvalue weighted by atomic mass is 10.0. The van der Waals surface area contributed by atoms with Crippen LogP contribution >= 0.6 is 0 Å². The molecule has 0 aliphatic rings. The van der Waals surface area contributed by atoms with Crippen LogP contribution in [-0.4, -0.2) is 46.5 Å². The summed E-state index contributed by atoms with van der Waals surface area (Å²) < 4.78 is 0. The fourth-order valence-corrected chi connectivity index (χ4v) is 3.00. The highest BCUT2D eigenvalue weighted by Crippen LogP contribution is 2.22. The van der Waals surface area contributed by atoms with Crippen molar-refractivity contribution in [3.05, 3.63) is 29.3 Å². The second-order valence-electron chi connectivity index (χ2n) is 6.56. The SMILES string of the molecule is CCCCCCCCCc1ccc(O)c(CN(CCO)CCO)c1. The van der Waals surface area contributed by atoms with Gasteiger partial charge < -0.3 is 15.3 Å². The van der Waals surface area contributed by atoms with Gasteiger partial charge in [-0.05, 0) is 24.5 Å². The van der Waals surface area contributed by atoms with E-state index in [1.54, 1.807) is 6.07 Å². The minimum absolute atomic E-state index is 0.0541. The Balaban J connectivity index is 2.44. The number of phenolic OH excluding ortho intramolecular Hbond substituents is 1. The quantitative estimate of drug-likeness (QED) is 0.455. The number of aliphatic hydroxyl groups excluding tert-OH is 2. The molecule has 0 aliphatic carbocycles. The van der Waals surface area contributed by atoms with Crippen LogP contribution in [0.2, 0.25) is 0 Å². The molecule has 1 aromatic rings. The molecule has 0 radical (unpaired) electrons. The van der Waals surface area contributed by atoms with Crippen LogP contribution in [0, 0.1) is 0 Å². The Morgan fingerprint density at radius 2 is 1.50 bits per heavy atom. The van der Waals surface area contributed by atoms with Crippen molar-refractivity contribution in [2.75, 3.05) is 26.3 Å². The number of aromatic hydroxyl groups is 1. The lowest BCUT2D eigenvalue weighted by Crippen LogP contribution is -2.29. The predicted octanol–water partition coefficient (Wildman–Crippen LogP) is 3.47. The van der Waals surface area contributed by atoms with Crippen molar-refractivity contribution < 1.29 is 15.3 Å². The van der Waals surface area contributed by atoms with Gasteiger partial charge >= 0.3 is 0 Å². The van der Waals surface area contributed by atoms with Crippen LogP contribution in [0.5, 0.6) is 5.75 Å². The molecule has 0 atom stereocenters. The zero-order valence-corrected chi connectivity index (χ0v) is 15.2. The number of aliphatic hydroxyl groups is 2. The Morgan fingerprint density at radius 3 is 2.12 bits per heavy atom. The predicted molar refractivity (Wildman–Crippen MR) is 99.3 cm³/mol. The van der Waals surface area contributed by atoms with E-state index >= 15 is 0 Å². The Bertz CT molecular complexity index is 431. The molecule has 4 heteroatoms. The number of rotatable bonds is 14. The third kappa shape index (κ3) is 8.67. The van der Waals surface area contributed by atoms with E-state index in [9.17, 15) is 5.11 Å². The van der Waals surface area contributed by atoms with Gasteiger partial charge in [0.25, 0.3) is 0 Å². The highest BCUT2D eigenvalue weighted by atomic mass is 16.3. The second kappa shape index (κ2) is 13.2. The lowest BCUT2D eigenvalue weighted by molar-refractivity contribution is 0.155. The number of unbranched alkanes of at least 4 members (excludes halogenated alkanes) is 6. The molecular formula is C20H35NO3. The van der Waals surface area contributed by atoms with Crippen LogP contribution in [0.15, 0.2) is 18.2 Å². The van der Waals surface area contributed by atoms with E-state index in [1.807, 2.05) is 11.0 Å². The summed E-state index contributed by atoms with van der Waals surface area (Å²) in [6.45, 7) is 3.91. The molecule has 0 bridgehead atoms. The van der Waals surface area contributed by atoms with Crippen molar-refractivity contribution in [3.8, 4) is 5.75 Å². The Hall–Kier alpha value is -1.10. The summed E-state index contributed by atoms with van der Waals surface area (Å²) >= 11 is 0. The number of hydrogen-bond donors (Lipinski definition) is 3. The monoisotopic (exact) mass is 337 g/mol. The van der Waals surface area contributed by atoms with Crippen molar-refractivity contribution in [1.82, 2.24) is 4.90 Å². The number of phenols is 1. The van der Waals surface area contributed by atoms with Crippen LogP contribution in [-0.2, 0) is 13.0 Å². The van der Waals surface area contributed by atoms with E-state index in [2.05, 4.69) is 13.0 Å². The van der Waals surface area contributed by atoms with Crippen LogP contribution in [0.25, 0.3) is 0 Å². The van der Waals surface area contributed by atoms with Crippen LogP contribution < -0.4 is 0 Å². The average Bonchev–Trinajstić information content (AvgIpc) is 2.57. The number of benzene rings is 1. The zero-order valence-electron chi connectivity index (χ0n) is 15.2. The standard InChI is InChI=1S/C20H35NO3/c1-2-3-4-5-6-7-8-9-18-10-11-20(24)19(16-18)17-21(12-14-22)13-15-23/h10-11,16,22-24H,2-9,12-15,17H2,1H3. The molecule has 0 spiro atoms. The van der Waals surface area contributed by atoms with E-state index < -0.39 is 0 Å². The maximum atomic E-state index is 10.1. The summed E-state index contributed by atoms with van der Waals surface area (Å²) in [4.78, 5) is 1.95. The fraction of sp³-hybridized carbons (Fsp3) is 0.700.